The van der Waals surface area contributed by atoms with Gasteiger partial charge in [0.05, 0.1) is 11.8 Å². The Hall–Kier alpha value is -3.41. The lowest BCUT2D eigenvalue weighted by molar-refractivity contribution is 0.102. The molecule has 3 rings (SSSR count). The number of carbonyl (C=O) groups is 1. The maximum atomic E-state index is 12.7. The average Bonchev–Trinajstić information content (AvgIpc) is 2.65. The minimum Gasteiger partial charge on any atom is -0.455 e. The van der Waals surface area contributed by atoms with Gasteiger partial charge in [-0.2, -0.15) is 0 Å². The van der Waals surface area contributed by atoms with Crippen molar-refractivity contribution in [2.24, 2.45) is 0 Å². The van der Waals surface area contributed by atoms with E-state index in [0.717, 1.165) is 5.56 Å². The fraction of sp³-hybridized carbons (Fsp3) is 0.190. The van der Waals surface area contributed by atoms with Crippen LogP contribution in [-0.4, -0.2) is 21.9 Å². The van der Waals surface area contributed by atoms with Crippen LogP contribution in [0.4, 0.5) is 11.5 Å². The molecule has 0 bridgehead atoms. The summed E-state index contributed by atoms with van der Waals surface area (Å²) in [7, 11) is 0. The van der Waals surface area contributed by atoms with Crippen molar-refractivity contribution in [2.45, 2.75) is 26.8 Å². The molecule has 2 heterocycles. The molecule has 0 aliphatic carbocycles. The third-order valence-corrected chi connectivity index (χ3v) is 3.77. The zero-order valence-corrected chi connectivity index (χ0v) is 15.6. The molecule has 0 unspecified atom stereocenters. The first-order valence-electron chi connectivity index (χ1n) is 8.74. The number of ether oxygens (including phenoxy) is 1. The van der Waals surface area contributed by atoms with Crippen LogP contribution in [0.1, 0.15) is 29.8 Å². The highest BCUT2D eigenvalue weighted by Gasteiger charge is 2.14. The zero-order chi connectivity index (χ0) is 19.2. The van der Waals surface area contributed by atoms with Crippen LogP contribution in [0.2, 0.25) is 0 Å². The number of hydrogen-bond acceptors (Lipinski definition) is 5. The van der Waals surface area contributed by atoms with Gasteiger partial charge < -0.3 is 15.4 Å². The molecular formula is C21H22N4O2. The lowest BCUT2D eigenvalue weighted by Crippen LogP contribution is -2.18. The van der Waals surface area contributed by atoms with Gasteiger partial charge in [-0.3, -0.25) is 9.78 Å². The van der Waals surface area contributed by atoms with Gasteiger partial charge in [-0.05, 0) is 68.8 Å². The molecule has 0 aliphatic heterocycles. The van der Waals surface area contributed by atoms with Crippen LogP contribution in [0.25, 0.3) is 0 Å². The highest BCUT2D eigenvalue weighted by molar-refractivity contribution is 6.07. The van der Waals surface area contributed by atoms with E-state index in [4.69, 9.17) is 4.74 Å². The van der Waals surface area contributed by atoms with Crippen LogP contribution < -0.4 is 15.4 Å². The monoisotopic (exact) mass is 362 g/mol. The molecular weight excluding hydrogens is 340 g/mol. The van der Waals surface area contributed by atoms with Gasteiger partial charge in [0.25, 0.3) is 5.91 Å². The summed E-state index contributed by atoms with van der Waals surface area (Å²) >= 11 is 0. The largest absolute Gasteiger partial charge is 0.455 e. The number of benzene rings is 1. The fourth-order valence-electron chi connectivity index (χ4n) is 2.55. The van der Waals surface area contributed by atoms with E-state index in [1.165, 1.54) is 0 Å². The third-order valence-electron chi connectivity index (χ3n) is 3.77. The van der Waals surface area contributed by atoms with E-state index in [2.05, 4.69) is 20.6 Å². The molecule has 0 saturated heterocycles. The summed E-state index contributed by atoms with van der Waals surface area (Å²) in [6.07, 6.45) is 5.01. The van der Waals surface area contributed by atoms with Crippen LogP contribution in [0.15, 0.2) is 61.1 Å². The van der Waals surface area contributed by atoms with Crippen molar-refractivity contribution in [1.82, 2.24) is 9.97 Å². The van der Waals surface area contributed by atoms with Gasteiger partial charge in [0.1, 0.15) is 17.3 Å². The molecule has 0 aliphatic rings. The molecule has 0 fully saturated rings. The van der Waals surface area contributed by atoms with Gasteiger partial charge in [-0.15, -0.1) is 0 Å². The van der Waals surface area contributed by atoms with Gasteiger partial charge in [0, 0.05) is 24.1 Å². The first-order valence-corrected chi connectivity index (χ1v) is 8.74. The number of nitrogens with one attached hydrogen (secondary N) is 2. The van der Waals surface area contributed by atoms with Crippen molar-refractivity contribution in [3.05, 3.63) is 72.2 Å². The molecule has 2 aromatic heterocycles. The summed E-state index contributed by atoms with van der Waals surface area (Å²) in [5.74, 6) is 1.73. The minimum atomic E-state index is -0.216. The normalized spacial score (nSPS) is 10.5. The molecule has 1 amide bonds. The van der Waals surface area contributed by atoms with Gasteiger partial charge in [0.2, 0.25) is 0 Å². The highest BCUT2D eigenvalue weighted by Crippen LogP contribution is 2.27. The maximum Gasteiger partial charge on any atom is 0.259 e. The van der Waals surface area contributed by atoms with Gasteiger partial charge in [0.15, 0.2) is 0 Å². The summed E-state index contributed by atoms with van der Waals surface area (Å²) in [5, 5.41) is 6.11. The molecule has 1 aromatic carbocycles. The van der Waals surface area contributed by atoms with Crippen molar-refractivity contribution in [3.8, 4) is 11.5 Å². The van der Waals surface area contributed by atoms with Crippen LogP contribution in [0, 0.1) is 6.92 Å². The number of aromatic nitrogens is 2. The molecule has 0 saturated carbocycles. The Morgan fingerprint density at radius 1 is 1.11 bits per heavy atom. The summed E-state index contributed by atoms with van der Waals surface area (Å²) in [4.78, 5) is 21.0. The number of pyridine rings is 2. The number of carbonyl (C=O) groups excluding carboxylic acids is 1. The molecule has 6 nitrogen and oxygen atoms in total. The lowest BCUT2D eigenvalue weighted by Gasteiger charge is -2.14. The smallest absolute Gasteiger partial charge is 0.259 e. The van der Waals surface area contributed by atoms with Gasteiger partial charge in [-0.25, -0.2) is 4.98 Å². The molecule has 3 aromatic rings. The van der Waals surface area contributed by atoms with E-state index in [9.17, 15) is 4.79 Å². The number of nitrogens with zero attached hydrogens (tertiary/aromatic N) is 2. The predicted octanol–water partition coefficient (Wildman–Crippen LogP) is 4.65. The van der Waals surface area contributed by atoms with Crippen molar-refractivity contribution in [2.75, 3.05) is 10.6 Å². The highest BCUT2D eigenvalue weighted by atomic mass is 16.5. The van der Waals surface area contributed by atoms with Gasteiger partial charge in [-0.1, -0.05) is 0 Å². The Bertz CT molecular complexity index is 926. The topological polar surface area (TPSA) is 76.1 Å². The molecule has 0 atom stereocenters. The SMILES string of the molecule is Cc1cc(NC(=O)c2cccnc2NC(C)C)ccc1Oc1cccnc1. The number of amides is 1. The Kier molecular flexibility index (Phi) is 5.66. The molecule has 0 spiro atoms. The summed E-state index contributed by atoms with van der Waals surface area (Å²) in [5.41, 5.74) is 2.10. The van der Waals surface area contributed by atoms with Crippen LogP contribution in [0.3, 0.4) is 0 Å². The van der Waals surface area contributed by atoms with E-state index in [1.807, 2.05) is 51.1 Å². The fourth-order valence-corrected chi connectivity index (χ4v) is 2.55. The quantitative estimate of drug-likeness (QED) is 0.667. The first kappa shape index (κ1) is 18.4. The van der Waals surface area contributed by atoms with Crippen molar-refractivity contribution in [3.63, 3.8) is 0 Å². The molecule has 0 radical (unpaired) electrons. The second-order valence-corrected chi connectivity index (χ2v) is 6.42. The van der Waals surface area contributed by atoms with Crippen molar-refractivity contribution < 1.29 is 9.53 Å². The predicted molar refractivity (Wildman–Crippen MR) is 106 cm³/mol. The number of aryl methyl sites for hydroxylation is 1. The Morgan fingerprint density at radius 2 is 1.93 bits per heavy atom. The second-order valence-electron chi connectivity index (χ2n) is 6.42. The Morgan fingerprint density at radius 3 is 2.63 bits per heavy atom. The Balaban J connectivity index is 1.75. The molecule has 27 heavy (non-hydrogen) atoms. The first-order chi connectivity index (χ1) is 13.0. The second kappa shape index (κ2) is 8.31. The van der Waals surface area contributed by atoms with Crippen LogP contribution in [0.5, 0.6) is 11.5 Å². The van der Waals surface area contributed by atoms with E-state index >= 15 is 0 Å². The number of anilines is 2. The lowest BCUT2D eigenvalue weighted by atomic mass is 10.1. The zero-order valence-electron chi connectivity index (χ0n) is 15.6. The summed E-state index contributed by atoms with van der Waals surface area (Å²) in [6, 6.07) is 12.8. The van der Waals surface area contributed by atoms with E-state index in [0.29, 0.717) is 28.6 Å². The third kappa shape index (κ3) is 4.82. The number of hydrogen-bond donors (Lipinski definition) is 2. The maximum absolute atomic E-state index is 12.7. The van der Waals surface area contributed by atoms with E-state index in [1.54, 1.807) is 30.7 Å². The standard InChI is InChI=1S/C21H22N4O2/c1-14(2)24-20-18(7-5-11-23-20)21(26)25-16-8-9-19(15(3)12-16)27-17-6-4-10-22-13-17/h4-14H,1-3H3,(H,23,24)(H,25,26). The summed E-state index contributed by atoms with van der Waals surface area (Å²) in [6.45, 7) is 5.93. The van der Waals surface area contributed by atoms with E-state index in [-0.39, 0.29) is 11.9 Å². The minimum absolute atomic E-state index is 0.178. The van der Waals surface area contributed by atoms with Crippen LogP contribution in [-0.2, 0) is 0 Å². The Labute approximate surface area is 158 Å². The van der Waals surface area contributed by atoms with Crippen molar-refractivity contribution >= 4 is 17.4 Å². The van der Waals surface area contributed by atoms with Gasteiger partial charge >= 0.3 is 0 Å². The summed E-state index contributed by atoms with van der Waals surface area (Å²) < 4.78 is 5.82. The molecule has 138 valence electrons. The van der Waals surface area contributed by atoms with E-state index < -0.39 is 0 Å². The average molecular weight is 362 g/mol. The number of rotatable bonds is 6. The van der Waals surface area contributed by atoms with Crippen LogP contribution >= 0.6 is 0 Å². The molecule has 6 heteroatoms. The van der Waals surface area contributed by atoms with Crippen molar-refractivity contribution in [1.29, 1.82) is 0 Å². The molecule has 2 N–H and O–H groups in total.